The van der Waals surface area contributed by atoms with Gasteiger partial charge in [0.25, 0.3) is 0 Å². The van der Waals surface area contributed by atoms with Crippen molar-refractivity contribution in [2.45, 2.75) is 38.1 Å². The predicted octanol–water partition coefficient (Wildman–Crippen LogP) is 1.20. The van der Waals surface area contributed by atoms with Gasteiger partial charge in [-0.2, -0.15) is 0 Å². The maximum atomic E-state index is 11.0. The highest BCUT2D eigenvalue weighted by atomic mass is 32.2. The van der Waals surface area contributed by atoms with E-state index >= 15 is 0 Å². The first-order chi connectivity index (χ1) is 6.51. The van der Waals surface area contributed by atoms with Gasteiger partial charge in [0.05, 0.1) is 5.75 Å². The second kappa shape index (κ2) is 5.12. The van der Waals surface area contributed by atoms with Gasteiger partial charge in [0.2, 0.25) is 0 Å². The molecule has 1 aliphatic rings. The first kappa shape index (κ1) is 12.0. The fourth-order valence-electron chi connectivity index (χ4n) is 2.20. The minimum Gasteiger partial charge on any atom is -0.317 e. The first-order valence-corrected chi connectivity index (χ1v) is 7.42. The Hall–Kier alpha value is -0.0900. The normalized spacial score (nSPS) is 29.0. The molecule has 0 spiro atoms. The molecule has 1 saturated carbocycles. The van der Waals surface area contributed by atoms with Crippen LogP contribution in [0.4, 0.5) is 0 Å². The van der Waals surface area contributed by atoms with Gasteiger partial charge in [-0.15, -0.1) is 0 Å². The lowest BCUT2D eigenvalue weighted by Crippen LogP contribution is -2.31. The molecule has 1 rings (SSSR count). The molecule has 0 heterocycles. The fourth-order valence-corrected chi connectivity index (χ4v) is 2.96. The molecule has 1 aliphatic carbocycles. The van der Waals surface area contributed by atoms with E-state index in [1.54, 1.807) is 0 Å². The molecule has 0 amide bonds. The van der Waals surface area contributed by atoms with Gasteiger partial charge < -0.3 is 5.32 Å². The minimum absolute atomic E-state index is 0.355. The monoisotopic (exact) mass is 219 g/mol. The Morgan fingerprint density at radius 2 is 2.07 bits per heavy atom. The zero-order chi connectivity index (χ0) is 10.6. The van der Waals surface area contributed by atoms with Crippen molar-refractivity contribution in [2.75, 3.05) is 19.1 Å². The lowest BCUT2D eigenvalue weighted by molar-refractivity contribution is 0.290. The van der Waals surface area contributed by atoms with E-state index in [0.717, 1.165) is 12.8 Å². The van der Waals surface area contributed by atoms with Crippen LogP contribution in [0.1, 0.15) is 32.1 Å². The summed E-state index contributed by atoms with van der Waals surface area (Å²) >= 11 is 0. The van der Waals surface area contributed by atoms with Gasteiger partial charge in [0, 0.05) is 12.3 Å². The lowest BCUT2D eigenvalue weighted by atomic mass is 9.84. The second-order valence-corrected chi connectivity index (χ2v) is 6.70. The van der Waals surface area contributed by atoms with Crippen LogP contribution in [0.15, 0.2) is 0 Å². The second-order valence-electron chi connectivity index (χ2n) is 4.44. The number of hydrogen-bond acceptors (Lipinski definition) is 3. The van der Waals surface area contributed by atoms with Crippen LogP contribution >= 0.6 is 0 Å². The highest BCUT2D eigenvalue weighted by Gasteiger charge is 2.21. The molecule has 2 atom stereocenters. The Kier molecular flexibility index (Phi) is 4.38. The van der Waals surface area contributed by atoms with Crippen molar-refractivity contribution in [1.82, 2.24) is 5.32 Å². The van der Waals surface area contributed by atoms with Crippen LogP contribution in [0.2, 0.25) is 0 Å². The van der Waals surface area contributed by atoms with E-state index in [1.165, 1.54) is 25.5 Å². The van der Waals surface area contributed by atoms with Crippen LogP contribution in [0.5, 0.6) is 0 Å². The molecule has 1 fully saturated rings. The summed E-state index contributed by atoms with van der Waals surface area (Å²) in [5.41, 5.74) is 0. The summed E-state index contributed by atoms with van der Waals surface area (Å²) in [6, 6.07) is 0.605. The molecule has 14 heavy (non-hydrogen) atoms. The topological polar surface area (TPSA) is 46.2 Å². The van der Waals surface area contributed by atoms with Gasteiger partial charge in [-0.1, -0.05) is 12.8 Å². The molecular weight excluding hydrogens is 198 g/mol. The summed E-state index contributed by atoms with van der Waals surface area (Å²) in [6.45, 7) is 0. The van der Waals surface area contributed by atoms with Gasteiger partial charge in [0.15, 0.2) is 0 Å². The largest absolute Gasteiger partial charge is 0.317 e. The van der Waals surface area contributed by atoms with E-state index in [1.807, 2.05) is 7.05 Å². The van der Waals surface area contributed by atoms with E-state index in [0.29, 0.717) is 17.7 Å². The van der Waals surface area contributed by atoms with Crippen LogP contribution in [-0.4, -0.2) is 33.5 Å². The van der Waals surface area contributed by atoms with E-state index in [2.05, 4.69) is 5.32 Å². The number of nitrogens with one attached hydrogen (secondary N) is 1. The van der Waals surface area contributed by atoms with Crippen molar-refractivity contribution in [1.29, 1.82) is 0 Å². The van der Waals surface area contributed by atoms with E-state index in [9.17, 15) is 8.42 Å². The number of rotatable bonds is 4. The average Bonchev–Trinajstić information content (AvgIpc) is 2.14. The van der Waals surface area contributed by atoms with Crippen molar-refractivity contribution in [2.24, 2.45) is 5.92 Å². The van der Waals surface area contributed by atoms with Crippen LogP contribution in [0.25, 0.3) is 0 Å². The van der Waals surface area contributed by atoms with Gasteiger partial charge in [0.1, 0.15) is 9.84 Å². The zero-order valence-electron chi connectivity index (χ0n) is 9.12. The van der Waals surface area contributed by atoms with E-state index in [-0.39, 0.29) is 0 Å². The molecule has 1 N–H and O–H groups in total. The smallest absolute Gasteiger partial charge is 0.147 e. The summed E-state index contributed by atoms with van der Waals surface area (Å²) in [4.78, 5) is 0. The molecule has 84 valence electrons. The molecule has 2 unspecified atom stereocenters. The third-order valence-electron chi connectivity index (χ3n) is 3.09. The summed E-state index contributed by atoms with van der Waals surface area (Å²) < 4.78 is 22.0. The molecule has 0 radical (unpaired) electrons. The summed E-state index contributed by atoms with van der Waals surface area (Å²) in [6.07, 6.45) is 6.99. The zero-order valence-corrected chi connectivity index (χ0v) is 9.94. The molecule has 0 bridgehead atoms. The Balaban J connectivity index is 2.31. The SMILES string of the molecule is CNC1CCCC(CCS(C)(=O)=O)C1. The third-order valence-corrected chi connectivity index (χ3v) is 4.07. The maximum absolute atomic E-state index is 11.0. The third kappa shape index (κ3) is 4.42. The van der Waals surface area contributed by atoms with Gasteiger partial charge in [-0.3, -0.25) is 0 Å². The summed E-state index contributed by atoms with van der Waals surface area (Å²) in [5.74, 6) is 0.963. The van der Waals surface area contributed by atoms with Crippen molar-refractivity contribution in [3.8, 4) is 0 Å². The minimum atomic E-state index is -2.77. The summed E-state index contributed by atoms with van der Waals surface area (Å²) in [5, 5.41) is 3.28. The fraction of sp³-hybridized carbons (Fsp3) is 1.00. The predicted molar refractivity (Wildman–Crippen MR) is 59.1 cm³/mol. The highest BCUT2D eigenvalue weighted by molar-refractivity contribution is 7.90. The molecule has 0 saturated heterocycles. The average molecular weight is 219 g/mol. The van der Waals surface area contributed by atoms with Crippen molar-refractivity contribution in [3.63, 3.8) is 0 Å². The highest BCUT2D eigenvalue weighted by Crippen LogP contribution is 2.26. The number of sulfone groups is 1. The van der Waals surface area contributed by atoms with Crippen LogP contribution in [0.3, 0.4) is 0 Å². The van der Waals surface area contributed by atoms with Crippen molar-refractivity contribution < 1.29 is 8.42 Å². The van der Waals surface area contributed by atoms with Gasteiger partial charge in [-0.05, 0) is 32.2 Å². The maximum Gasteiger partial charge on any atom is 0.147 e. The van der Waals surface area contributed by atoms with Crippen LogP contribution in [-0.2, 0) is 9.84 Å². The number of hydrogen-bond donors (Lipinski definition) is 1. The molecule has 0 aliphatic heterocycles. The standard InChI is InChI=1S/C10H21NO2S/c1-11-10-5-3-4-9(8-10)6-7-14(2,12)13/h9-11H,3-8H2,1-2H3. The Morgan fingerprint density at radius 3 is 2.64 bits per heavy atom. The Morgan fingerprint density at radius 1 is 1.36 bits per heavy atom. The van der Waals surface area contributed by atoms with E-state index in [4.69, 9.17) is 0 Å². The quantitative estimate of drug-likeness (QED) is 0.773. The van der Waals surface area contributed by atoms with Crippen molar-refractivity contribution in [3.05, 3.63) is 0 Å². The molecule has 0 aromatic carbocycles. The van der Waals surface area contributed by atoms with Gasteiger partial charge >= 0.3 is 0 Å². The Bertz CT molecular complexity index is 261. The van der Waals surface area contributed by atoms with Crippen molar-refractivity contribution >= 4 is 9.84 Å². The first-order valence-electron chi connectivity index (χ1n) is 5.36. The van der Waals surface area contributed by atoms with Crippen LogP contribution in [0, 0.1) is 5.92 Å². The molecule has 0 aromatic rings. The van der Waals surface area contributed by atoms with Gasteiger partial charge in [-0.25, -0.2) is 8.42 Å². The molecule has 4 heteroatoms. The summed E-state index contributed by atoms with van der Waals surface area (Å²) in [7, 11) is -0.778. The lowest BCUT2D eigenvalue weighted by Gasteiger charge is -2.28. The molecule has 0 aromatic heterocycles. The van der Waals surface area contributed by atoms with E-state index < -0.39 is 9.84 Å². The Labute approximate surface area is 87.2 Å². The van der Waals surface area contributed by atoms with Crippen LogP contribution < -0.4 is 5.32 Å². The molecule has 3 nitrogen and oxygen atoms in total. The molecular formula is C10H21NO2S.